The second kappa shape index (κ2) is 9.15. The fourth-order valence-corrected chi connectivity index (χ4v) is 1.19. The van der Waals surface area contributed by atoms with Crippen molar-refractivity contribution in [2.24, 2.45) is 0 Å². The molecule has 0 aliphatic rings. The van der Waals surface area contributed by atoms with Gasteiger partial charge < -0.3 is 15.5 Å². The number of nitrogens with zero attached hydrogens (tertiary/aromatic N) is 1. The van der Waals surface area contributed by atoms with Crippen molar-refractivity contribution in [3.8, 4) is 0 Å². The van der Waals surface area contributed by atoms with Gasteiger partial charge in [0.15, 0.2) is 0 Å². The van der Waals surface area contributed by atoms with E-state index in [2.05, 4.69) is 10.6 Å². The molecule has 0 atom stereocenters. The number of likely N-dealkylation sites (N-methyl/N-ethyl adjacent to an activating group) is 2. The van der Waals surface area contributed by atoms with Crippen LogP contribution in [0.2, 0.25) is 0 Å². The molecule has 0 fully saturated rings. The second-order valence-electron chi connectivity index (χ2n) is 3.70. The van der Waals surface area contributed by atoms with E-state index in [1.54, 1.807) is 11.9 Å². The van der Waals surface area contributed by atoms with Crippen LogP contribution in [0.4, 0.5) is 0 Å². The molecule has 5 nitrogen and oxygen atoms in total. The van der Waals surface area contributed by atoms with E-state index in [4.69, 9.17) is 0 Å². The van der Waals surface area contributed by atoms with Gasteiger partial charge in [-0.3, -0.25) is 9.59 Å². The van der Waals surface area contributed by atoms with Crippen LogP contribution in [-0.4, -0.2) is 49.9 Å². The first-order chi connectivity index (χ1) is 7.61. The molecule has 0 aromatic rings. The van der Waals surface area contributed by atoms with Crippen molar-refractivity contribution < 1.29 is 9.59 Å². The molecule has 5 heteroatoms. The van der Waals surface area contributed by atoms with Crippen LogP contribution in [0.15, 0.2) is 0 Å². The van der Waals surface area contributed by atoms with Crippen LogP contribution in [-0.2, 0) is 9.59 Å². The SMILES string of the molecule is CCCC(=O)N(C)CCNC(=O)CNCC. The maximum Gasteiger partial charge on any atom is 0.234 e. The molecule has 0 saturated heterocycles. The zero-order valence-electron chi connectivity index (χ0n) is 10.5. The van der Waals surface area contributed by atoms with E-state index in [0.29, 0.717) is 26.1 Å². The highest BCUT2D eigenvalue weighted by Crippen LogP contribution is 1.93. The van der Waals surface area contributed by atoms with Crippen molar-refractivity contribution in [1.29, 1.82) is 0 Å². The molecular weight excluding hydrogens is 206 g/mol. The lowest BCUT2D eigenvalue weighted by molar-refractivity contribution is -0.130. The number of carbonyl (C=O) groups is 2. The Balaban J connectivity index is 3.57. The molecule has 0 unspecified atom stereocenters. The first kappa shape index (κ1) is 14.9. The topological polar surface area (TPSA) is 61.4 Å². The molecule has 2 N–H and O–H groups in total. The minimum Gasteiger partial charge on any atom is -0.353 e. The average molecular weight is 229 g/mol. The van der Waals surface area contributed by atoms with Crippen LogP contribution in [0.5, 0.6) is 0 Å². The monoisotopic (exact) mass is 229 g/mol. The van der Waals surface area contributed by atoms with Gasteiger partial charge in [-0.05, 0) is 13.0 Å². The number of carbonyl (C=O) groups excluding carboxylic acids is 2. The second-order valence-corrected chi connectivity index (χ2v) is 3.70. The Morgan fingerprint density at radius 3 is 2.50 bits per heavy atom. The van der Waals surface area contributed by atoms with E-state index in [1.165, 1.54) is 0 Å². The molecule has 0 radical (unpaired) electrons. The zero-order valence-corrected chi connectivity index (χ0v) is 10.5. The lowest BCUT2D eigenvalue weighted by atomic mass is 10.3. The largest absolute Gasteiger partial charge is 0.353 e. The molecule has 16 heavy (non-hydrogen) atoms. The van der Waals surface area contributed by atoms with Crippen molar-refractivity contribution in [3.63, 3.8) is 0 Å². The molecule has 0 aromatic carbocycles. The Bertz CT molecular complexity index is 219. The van der Waals surface area contributed by atoms with E-state index < -0.39 is 0 Å². The quantitative estimate of drug-likeness (QED) is 0.614. The summed E-state index contributed by atoms with van der Waals surface area (Å²) in [7, 11) is 1.76. The number of amides is 2. The van der Waals surface area contributed by atoms with E-state index in [0.717, 1.165) is 13.0 Å². The van der Waals surface area contributed by atoms with Gasteiger partial charge in [-0.1, -0.05) is 13.8 Å². The van der Waals surface area contributed by atoms with Gasteiger partial charge in [0.1, 0.15) is 0 Å². The third-order valence-corrected chi connectivity index (χ3v) is 2.19. The Morgan fingerprint density at radius 2 is 1.94 bits per heavy atom. The van der Waals surface area contributed by atoms with Gasteiger partial charge in [0.25, 0.3) is 0 Å². The van der Waals surface area contributed by atoms with Crippen molar-refractivity contribution >= 4 is 11.8 Å². The molecule has 0 heterocycles. The molecule has 0 saturated carbocycles. The van der Waals surface area contributed by atoms with Crippen molar-refractivity contribution in [3.05, 3.63) is 0 Å². The van der Waals surface area contributed by atoms with Crippen molar-refractivity contribution in [2.45, 2.75) is 26.7 Å². The highest BCUT2D eigenvalue weighted by Gasteiger charge is 2.07. The highest BCUT2D eigenvalue weighted by atomic mass is 16.2. The zero-order chi connectivity index (χ0) is 12.4. The summed E-state index contributed by atoms with van der Waals surface area (Å²) < 4.78 is 0. The van der Waals surface area contributed by atoms with Gasteiger partial charge >= 0.3 is 0 Å². The summed E-state index contributed by atoms with van der Waals surface area (Å²) in [5, 5.41) is 5.69. The predicted octanol–water partition coefficient (Wildman–Crippen LogP) is -0.0294. The summed E-state index contributed by atoms with van der Waals surface area (Å²) in [5.74, 6) is 0.0987. The van der Waals surface area contributed by atoms with Crippen LogP contribution in [0.3, 0.4) is 0 Å². The highest BCUT2D eigenvalue weighted by molar-refractivity contribution is 5.78. The summed E-state index contributed by atoms with van der Waals surface area (Å²) in [5.41, 5.74) is 0. The number of hydrogen-bond acceptors (Lipinski definition) is 3. The molecule has 0 spiro atoms. The number of rotatable bonds is 8. The summed E-state index contributed by atoms with van der Waals surface area (Å²) in [6.45, 7) is 6.12. The van der Waals surface area contributed by atoms with Crippen LogP contribution in [0.25, 0.3) is 0 Å². The van der Waals surface area contributed by atoms with Crippen LogP contribution in [0, 0.1) is 0 Å². The minimum atomic E-state index is -0.0295. The Labute approximate surface area is 97.6 Å². The number of hydrogen-bond donors (Lipinski definition) is 2. The van der Waals surface area contributed by atoms with Gasteiger partial charge in [-0.15, -0.1) is 0 Å². The van der Waals surface area contributed by atoms with Gasteiger partial charge in [-0.2, -0.15) is 0 Å². The maximum absolute atomic E-state index is 11.4. The van der Waals surface area contributed by atoms with Gasteiger partial charge in [-0.25, -0.2) is 0 Å². The molecule has 0 aromatic heterocycles. The van der Waals surface area contributed by atoms with Gasteiger partial charge in [0.05, 0.1) is 6.54 Å². The smallest absolute Gasteiger partial charge is 0.234 e. The predicted molar refractivity (Wildman–Crippen MR) is 64.1 cm³/mol. The lowest BCUT2D eigenvalue weighted by Gasteiger charge is -2.17. The Hall–Kier alpha value is -1.10. The first-order valence-corrected chi connectivity index (χ1v) is 5.83. The maximum atomic E-state index is 11.4. The van der Waals surface area contributed by atoms with E-state index in [-0.39, 0.29) is 11.8 Å². The minimum absolute atomic E-state index is 0.0295. The van der Waals surface area contributed by atoms with Gasteiger partial charge in [0.2, 0.25) is 11.8 Å². The summed E-state index contributed by atoms with van der Waals surface area (Å²) >= 11 is 0. The van der Waals surface area contributed by atoms with E-state index in [1.807, 2.05) is 13.8 Å². The Morgan fingerprint density at radius 1 is 1.25 bits per heavy atom. The molecule has 94 valence electrons. The molecular formula is C11H23N3O2. The van der Waals surface area contributed by atoms with Crippen LogP contribution >= 0.6 is 0 Å². The molecule has 0 aliphatic heterocycles. The fourth-order valence-electron chi connectivity index (χ4n) is 1.19. The number of nitrogens with one attached hydrogen (secondary N) is 2. The van der Waals surface area contributed by atoms with E-state index >= 15 is 0 Å². The molecule has 0 aliphatic carbocycles. The fraction of sp³-hybridized carbons (Fsp3) is 0.818. The third-order valence-electron chi connectivity index (χ3n) is 2.19. The van der Waals surface area contributed by atoms with Crippen LogP contribution < -0.4 is 10.6 Å². The van der Waals surface area contributed by atoms with E-state index in [9.17, 15) is 9.59 Å². The summed E-state index contributed by atoms with van der Waals surface area (Å²) in [6.07, 6.45) is 1.43. The standard InChI is InChI=1S/C11H23N3O2/c1-4-6-11(16)14(3)8-7-13-10(15)9-12-5-2/h12H,4-9H2,1-3H3,(H,13,15). The summed E-state index contributed by atoms with van der Waals surface area (Å²) in [4.78, 5) is 24.2. The van der Waals surface area contributed by atoms with Crippen molar-refractivity contribution in [1.82, 2.24) is 15.5 Å². The first-order valence-electron chi connectivity index (χ1n) is 5.83. The molecule has 0 bridgehead atoms. The average Bonchev–Trinajstić information content (AvgIpc) is 2.26. The normalized spacial score (nSPS) is 9.94. The molecule has 0 rings (SSSR count). The van der Waals surface area contributed by atoms with Crippen LogP contribution in [0.1, 0.15) is 26.7 Å². The van der Waals surface area contributed by atoms with Crippen molar-refractivity contribution in [2.75, 3.05) is 33.2 Å². The molecule has 2 amide bonds. The third kappa shape index (κ3) is 7.23. The Kier molecular flexibility index (Phi) is 8.52. The van der Waals surface area contributed by atoms with Gasteiger partial charge in [0, 0.05) is 26.6 Å². The lowest BCUT2D eigenvalue weighted by Crippen LogP contribution is -2.39. The summed E-state index contributed by atoms with van der Waals surface area (Å²) in [6, 6.07) is 0.